The smallest absolute Gasteiger partial charge is 0.263 e. The average Bonchev–Trinajstić information content (AvgIpc) is 2.53. The van der Waals surface area contributed by atoms with E-state index in [0.717, 1.165) is 10.7 Å². The van der Waals surface area contributed by atoms with E-state index in [1.165, 1.54) is 11.3 Å². The van der Waals surface area contributed by atoms with E-state index < -0.39 is 0 Å². The molecule has 0 aromatic carbocycles. The predicted molar refractivity (Wildman–Crippen MR) is 63.8 cm³/mol. The predicted octanol–water partition coefficient (Wildman–Crippen LogP) is 2.36. The molecule has 0 radical (unpaired) electrons. The zero-order valence-corrected chi connectivity index (χ0v) is 10.7. The van der Waals surface area contributed by atoms with Crippen LogP contribution < -0.4 is 5.32 Å². The van der Waals surface area contributed by atoms with E-state index in [4.69, 9.17) is 11.6 Å². The van der Waals surface area contributed by atoms with Crippen LogP contribution in [0.3, 0.4) is 0 Å². The number of aryl methyl sites for hydroxylation is 2. The SMILES string of the molecule is Cc1nc(C)c(C(=O)NCC(C)CCl)s1. The van der Waals surface area contributed by atoms with Crippen molar-refractivity contribution in [1.82, 2.24) is 10.3 Å². The van der Waals surface area contributed by atoms with E-state index in [-0.39, 0.29) is 5.91 Å². The molecule has 0 saturated carbocycles. The molecule has 1 atom stereocenters. The molecule has 1 heterocycles. The fourth-order valence-corrected chi connectivity index (χ4v) is 2.09. The summed E-state index contributed by atoms with van der Waals surface area (Å²) in [6, 6.07) is 0. The highest BCUT2D eigenvalue weighted by Crippen LogP contribution is 2.16. The molecule has 0 aliphatic heterocycles. The van der Waals surface area contributed by atoms with Crippen molar-refractivity contribution in [3.8, 4) is 0 Å². The summed E-state index contributed by atoms with van der Waals surface area (Å²) in [5.41, 5.74) is 0.800. The molecule has 1 amide bonds. The highest BCUT2D eigenvalue weighted by molar-refractivity contribution is 7.13. The third-order valence-electron chi connectivity index (χ3n) is 1.98. The van der Waals surface area contributed by atoms with Gasteiger partial charge in [0.15, 0.2) is 0 Å². The Balaban J connectivity index is 2.58. The summed E-state index contributed by atoms with van der Waals surface area (Å²) < 4.78 is 0. The molecule has 0 aliphatic rings. The lowest BCUT2D eigenvalue weighted by Crippen LogP contribution is -2.28. The minimum Gasteiger partial charge on any atom is -0.351 e. The van der Waals surface area contributed by atoms with Crippen molar-refractivity contribution in [2.24, 2.45) is 5.92 Å². The molecular formula is C10H15ClN2OS. The minimum absolute atomic E-state index is 0.0462. The van der Waals surface area contributed by atoms with Gasteiger partial charge in [-0.15, -0.1) is 22.9 Å². The third-order valence-corrected chi connectivity index (χ3v) is 3.58. The van der Waals surface area contributed by atoms with Crippen LogP contribution >= 0.6 is 22.9 Å². The summed E-state index contributed by atoms with van der Waals surface area (Å²) >= 11 is 7.08. The van der Waals surface area contributed by atoms with Crippen LogP contribution in [0.25, 0.3) is 0 Å². The number of aromatic nitrogens is 1. The quantitative estimate of drug-likeness (QED) is 0.829. The number of hydrogen-bond acceptors (Lipinski definition) is 3. The molecule has 1 aromatic rings. The van der Waals surface area contributed by atoms with Gasteiger partial charge < -0.3 is 5.32 Å². The van der Waals surface area contributed by atoms with E-state index in [2.05, 4.69) is 10.3 Å². The molecule has 0 aliphatic carbocycles. The highest BCUT2D eigenvalue weighted by atomic mass is 35.5. The van der Waals surface area contributed by atoms with Crippen molar-refractivity contribution in [3.63, 3.8) is 0 Å². The van der Waals surface area contributed by atoms with E-state index >= 15 is 0 Å². The summed E-state index contributed by atoms with van der Waals surface area (Å²) in [5.74, 6) is 0.807. The van der Waals surface area contributed by atoms with Crippen LogP contribution in [0.2, 0.25) is 0 Å². The van der Waals surface area contributed by atoms with Crippen LogP contribution in [-0.4, -0.2) is 23.3 Å². The van der Waals surface area contributed by atoms with Crippen molar-refractivity contribution in [1.29, 1.82) is 0 Å². The Morgan fingerprint density at radius 1 is 1.60 bits per heavy atom. The van der Waals surface area contributed by atoms with Crippen molar-refractivity contribution >= 4 is 28.8 Å². The Bertz CT molecular complexity index is 351. The van der Waals surface area contributed by atoms with E-state index in [0.29, 0.717) is 23.2 Å². The molecule has 5 heteroatoms. The van der Waals surface area contributed by atoms with Gasteiger partial charge in [0.2, 0.25) is 0 Å². The third kappa shape index (κ3) is 3.47. The molecule has 84 valence electrons. The molecule has 1 rings (SSSR count). The molecule has 0 fully saturated rings. The number of carbonyl (C=O) groups excluding carboxylic acids is 1. The first kappa shape index (κ1) is 12.5. The molecule has 0 spiro atoms. The Hall–Kier alpha value is -0.610. The fourth-order valence-electron chi connectivity index (χ4n) is 1.14. The number of hydrogen-bond donors (Lipinski definition) is 1. The molecule has 0 saturated heterocycles. The molecule has 1 N–H and O–H groups in total. The Labute approximate surface area is 98.9 Å². The van der Waals surface area contributed by atoms with Crippen LogP contribution in [0.5, 0.6) is 0 Å². The maximum absolute atomic E-state index is 11.7. The second kappa shape index (κ2) is 5.47. The van der Waals surface area contributed by atoms with Gasteiger partial charge in [-0.1, -0.05) is 6.92 Å². The summed E-state index contributed by atoms with van der Waals surface area (Å²) in [6.45, 7) is 6.36. The van der Waals surface area contributed by atoms with Crippen LogP contribution in [-0.2, 0) is 0 Å². The van der Waals surface area contributed by atoms with Gasteiger partial charge in [-0.2, -0.15) is 0 Å². The van der Waals surface area contributed by atoms with Gasteiger partial charge in [0, 0.05) is 12.4 Å². The highest BCUT2D eigenvalue weighted by Gasteiger charge is 2.13. The maximum Gasteiger partial charge on any atom is 0.263 e. The topological polar surface area (TPSA) is 42.0 Å². The normalized spacial score (nSPS) is 12.5. The molecule has 3 nitrogen and oxygen atoms in total. The van der Waals surface area contributed by atoms with Gasteiger partial charge >= 0.3 is 0 Å². The lowest BCUT2D eigenvalue weighted by Gasteiger charge is -2.08. The lowest BCUT2D eigenvalue weighted by molar-refractivity contribution is 0.0952. The zero-order chi connectivity index (χ0) is 11.4. The Kier molecular flexibility index (Phi) is 4.54. The van der Waals surface area contributed by atoms with Crippen molar-refractivity contribution in [2.45, 2.75) is 20.8 Å². The second-order valence-corrected chi connectivity index (χ2v) is 5.13. The average molecular weight is 247 g/mol. The van der Waals surface area contributed by atoms with Crippen molar-refractivity contribution < 1.29 is 4.79 Å². The number of nitrogens with zero attached hydrogens (tertiary/aromatic N) is 1. The van der Waals surface area contributed by atoms with Gasteiger partial charge in [0.05, 0.1) is 10.7 Å². The monoisotopic (exact) mass is 246 g/mol. The summed E-state index contributed by atoms with van der Waals surface area (Å²) in [6.07, 6.45) is 0. The van der Waals surface area contributed by atoms with Crippen molar-refractivity contribution in [3.05, 3.63) is 15.6 Å². The number of carbonyl (C=O) groups is 1. The number of alkyl halides is 1. The molecule has 1 unspecified atom stereocenters. The van der Waals surface area contributed by atoms with Crippen LogP contribution in [0, 0.1) is 19.8 Å². The minimum atomic E-state index is -0.0462. The number of halogens is 1. The van der Waals surface area contributed by atoms with E-state index in [9.17, 15) is 4.79 Å². The molecular weight excluding hydrogens is 232 g/mol. The number of thiazole rings is 1. The lowest BCUT2D eigenvalue weighted by atomic mass is 10.2. The Morgan fingerprint density at radius 3 is 2.73 bits per heavy atom. The number of nitrogens with one attached hydrogen (secondary N) is 1. The first-order valence-electron chi connectivity index (χ1n) is 4.82. The molecule has 1 aromatic heterocycles. The van der Waals surface area contributed by atoms with E-state index in [1.54, 1.807) is 0 Å². The second-order valence-electron chi connectivity index (χ2n) is 3.62. The summed E-state index contributed by atoms with van der Waals surface area (Å²) in [4.78, 5) is 16.6. The van der Waals surface area contributed by atoms with Crippen LogP contribution in [0.1, 0.15) is 27.3 Å². The fraction of sp³-hybridized carbons (Fsp3) is 0.600. The van der Waals surface area contributed by atoms with E-state index in [1.807, 2.05) is 20.8 Å². The van der Waals surface area contributed by atoms with Crippen LogP contribution in [0.15, 0.2) is 0 Å². The standard InChI is InChI=1S/C10H15ClN2OS/c1-6(4-11)5-12-10(14)9-7(2)13-8(3)15-9/h6H,4-5H2,1-3H3,(H,12,14). The van der Waals surface area contributed by atoms with Crippen LogP contribution in [0.4, 0.5) is 0 Å². The maximum atomic E-state index is 11.7. The van der Waals surface area contributed by atoms with Gasteiger partial charge in [-0.3, -0.25) is 4.79 Å². The first-order chi connectivity index (χ1) is 7.04. The number of rotatable bonds is 4. The zero-order valence-electron chi connectivity index (χ0n) is 9.13. The summed E-state index contributed by atoms with van der Waals surface area (Å²) in [7, 11) is 0. The van der Waals surface area contributed by atoms with Gasteiger partial charge in [-0.05, 0) is 19.8 Å². The first-order valence-corrected chi connectivity index (χ1v) is 6.18. The molecule has 0 bridgehead atoms. The largest absolute Gasteiger partial charge is 0.351 e. The van der Waals surface area contributed by atoms with Gasteiger partial charge in [0.1, 0.15) is 4.88 Å². The van der Waals surface area contributed by atoms with Gasteiger partial charge in [0.25, 0.3) is 5.91 Å². The summed E-state index contributed by atoms with van der Waals surface area (Å²) in [5, 5.41) is 3.77. The van der Waals surface area contributed by atoms with Crippen molar-refractivity contribution in [2.75, 3.05) is 12.4 Å². The Morgan fingerprint density at radius 2 is 2.27 bits per heavy atom. The molecule has 15 heavy (non-hydrogen) atoms. The van der Waals surface area contributed by atoms with Gasteiger partial charge in [-0.25, -0.2) is 4.98 Å². The number of amides is 1.